The molecule has 1 heterocycles. The van der Waals surface area contributed by atoms with Gasteiger partial charge in [0.1, 0.15) is 17.2 Å². The Morgan fingerprint density at radius 2 is 1.78 bits per heavy atom. The molecule has 0 aliphatic carbocycles. The number of phenols is 1. The summed E-state index contributed by atoms with van der Waals surface area (Å²) < 4.78 is 0. The van der Waals surface area contributed by atoms with E-state index in [-0.39, 0.29) is 5.75 Å². The molecule has 0 aliphatic rings. The van der Waals surface area contributed by atoms with Crippen LogP contribution in [-0.2, 0) is 5.60 Å². The first-order valence-corrected chi connectivity index (χ1v) is 5.66. The normalized spacial score (nSPS) is 14.2. The number of phenolic OH excluding ortho intramolecular Hbond substituents is 1. The minimum absolute atomic E-state index is 0.158. The highest BCUT2D eigenvalue weighted by molar-refractivity contribution is 5.52. The Kier molecular flexibility index (Phi) is 2.97. The monoisotopic (exact) mass is 244 g/mol. The number of aromatic hydroxyl groups is 1. The van der Waals surface area contributed by atoms with Gasteiger partial charge in [0.25, 0.3) is 0 Å². The van der Waals surface area contributed by atoms with Crippen molar-refractivity contribution < 1.29 is 10.2 Å². The number of pyridine rings is 1. The summed E-state index contributed by atoms with van der Waals surface area (Å²) >= 11 is 0. The van der Waals surface area contributed by atoms with Crippen molar-refractivity contribution in [3.05, 3.63) is 53.2 Å². The second kappa shape index (κ2) is 4.31. The van der Waals surface area contributed by atoms with Crippen LogP contribution in [0.1, 0.15) is 23.6 Å². The molecular formula is C14H16N2O2. The van der Waals surface area contributed by atoms with E-state index in [1.54, 1.807) is 31.3 Å². The maximum Gasteiger partial charge on any atom is 0.130 e. The second-order valence-electron chi connectivity index (χ2n) is 4.51. The first-order valence-electron chi connectivity index (χ1n) is 5.66. The van der Waals surface area contributed by atoms with Crippen LogP contribution >= 0.6 is 0 Å². The van der Waals surface area contributed by atoms with Gasteiger partial charge in [-0.3, -0.25) is 0 Å². The minimum Gasteiger partial charge on any atom is -0.508 e. The Morgan fingerprint density at radius 3 is 2.33 bits per heavy atom. The number of benzene rings is 1. The standard InChI is InChI=1S/C14H16N2O2/c1-9-7-8-16-13(15)12(9)14(2,18)10-3-5-11(17)6-4-10/h3-8,17-18H,1-2H3,(H2,15,16). The molecule has 1 unspecified atom stereocenters. The molecule has 0 saturated carbocycles. The number of aryl methyl sites for hydroxylation is 1. The Morgan fingerprint density at radius 1 is 1.17 bits per heavy atom. The molecule has 2 aromatic rings. The first-order chi connectivity index (χ1) is 8.43. The van der Waals surface area contributed by atoms with Crippen molar-refractivity contribution in [3.63, 3.8) is 0 Å². The molecule has 0 aliphatic heterocycles. The third kappa shape index (κ3) is 2.02. The van der Waals surface area contributed by atoms with Crippen LogP contribution in [0.4, 0.5) is 5.82 Å². The highest BCUT2D eigenvalue weighted by Gasteiger charge is 2.30. The van der Waals surface area contributed by atoms with Gasteiger partial charge in [0, 0.05) is 11.8 Å². The van der Waals surface area contributed by atoms with Crippen molar-refractivity contribution in [1.82, 2.24) is 4.98 Å². The Hall–Kier alpha value is -2.07. The zero-order valence-electron chi connectivity index (χ0n) is 10.4. The lowest BCUT2D eigenvalue weighted by molar-refractivity contribution is 0.102. The van der Waals surface area contributed by atoms with E-state index in [0.717, 1.165) is 5.56 Å². The SMILES string of the molecule is Cc1ccnc(N)c1C(C)(O)c1ccc(O)cc1. The molecule has 4 N–H and O–H groups in total. The number of hydrogen-bond donors (Lipinski definition) is 3. The van der Waals surface area contributed by atoms with Gasteiger partial charge in [-0.2, -0.15) is 0 Å². The van der Waals surface area contributed by atoms with Crippen LogP contribution in [0.25, 0.3) is 0 Å². The van der Waals surface area contributed by atoms with Gasteiger partial charge < -0.3 is 15.9 Å². The molecule has 4 nitrogen and oxygen atoms in total. The number of nitrogens with two attached hydrogens (primary N) is 1. The van der Waals surface area contributed by atoms with Crippen LogP contribution in [0.3, 0.4) is 0 Å². The van der Waals surface area contributed by atoms with Crippen LogP contribution in [0.15, 0.2) is 36.5 Å². The summed E-state index contributed by atoms with van der Waals surface area (Å²) in [5.41, 5.74) is 6.74. The number of aliphatic hydroxyl groups is 1. The largest absolute Gasteiger partial charge is 0.508 e. The van der Waals surface area contributed by atoms with Crippen molar-refractivity contribution in [3.8, 4) is 5.75 Å². The number of nitrogens with zero attached hydrogens (tertiary/aromatic N) is 1. The van der Waals surface area contributed by atoms with Crippen LogP contribution in [0, 0.1) is 6.92 Å². The average Bonchev–Trinajstić information content (AvgIpc) is 2.29. The van der Waals surface area contributed by atoms with E-state index in [1.807, 2.05) is 6.92 Å². The van der Waals surface area contributed by atoms with Crippen molar-refractivity contribution in [2.45, 2.75) is 19.4 Å². The van der Waals surface area contributed by atoms with Crippen LogP contribution in [0.5, 0.6) is 5.75 Å². The number of aromatic nitrogens is 1. The van der Waals surface area contributed by atoms with Crippen LogP contribution < -0.4 is 5.73 Å². The number of nitrogen functional groups attached to an aromatic ring is 1. The smallest absolute Gasteiger partial charge is 0.130 e. The van der Waals surface area contributed by atoms with Gasteiger partial charge in [-0.25, -0.2) is 4.98 Å². The second-order valence-corrected chi connectivity index (χ2v) is 4.51. The molecule has 0 bridgehead atoms. The van der Waals surface area contributed by atoms with Gasteiger partial charge in [-0.05, 0) is 43.2 Å². The lowest BCUT2D eigenvalue weighted by Gasteiger charge is -2.27. The summed E-state index contributed by atoms with van der Waals surface area (Å²) in [6, 6.07) is 8.21. The van der Waals surface area contributed by atoms with E-state index in [2.05, 4.69) is 4.98 Å². The number of rotatable bonds is 2. The zero-order valence-corrected chi connectivity index (χ0v) is 10.4. The Bertz CT molecular complexity index is 542. The van der Waals surface area contributed by atoms with E-state index in [1.165, 1.54) is 12.1 Å². The van der Waals surface area contributed by atoms with Crippen LogP contribution in [0.2, 0.25) is 0 Å². The molecule has 18 heavy (non-hydrogen) atoms. The van der Waals surface area contributed by atoms with Gasteiger partial charge >= 0.3 is 0 Å². The molecule has 0 saturated heterocycles. The van der Waals surface area contributed by atoms with Gasteiger partial charge in [0.05, 0.1) is 0 Å². The summed E-state index contributed by atoms with van der Waals surface area (Å²) in [5.74, 6) is 0.471. The lowest BCUT2D eigenvalue weighted by atomic mass is 9.86. The van der Waals surface area contributed by atoms with E-state index in [9.17, 15) is 10.2 Å². The molecule has 1 aromatic heterocycles. The average molecular weight is 244 g/mol. The highest BCUT2D eigenvalue weighted by atomic mass is 16.3. The predicted octanol–water partition coefficient (Wildman–Crippen LogP) is 1.93. The maximum absolute atomic E-state index is 10.7. The third-order valence-corrected chi connectivity index (χ3v) is 3.10. The Balaban J connectivity index is 2.57. The molecule has 1 aromatic carbocycles. The molecule has 94 valence electrons. The topological polar surface area (TPSA) is 79.4 Å². The molecule has 1 atom stereocenters. The van der Waals surface area contributed by atoms with E-state index in [0.29, 0.717) is 16.9 Å². The van der Waals surface area contributed by atoms with Crippen molar-refractivity contribution in [2.24, 2.45) is 0 Å². The van der Waals surface area contributed by atoms with E-state index >= 15 is 0 Å². The summed E-state index contributed by atoms with van der Waals surface area (Å²) in [4.78, 5) is 4.02. The van der Waals surface area contributed by atoms with Gasteiger partial charge in [0.15, 0.2) is 0 Å². The van der Waals surface area contributed by atoms with Crippen molar-refractivity contribution >= 4 is 5.82 Å². The molecular weight excluding hydrogens is 228 g/mol. The molecule has 2 rings (SSSR count). The van der Waals surface area contributed by atoms with E-state index < -0.39 is 5.60 Å². The zero-order chi connectivity index (χ0) is 13.3. The lowest BCUT2D eigenvalue weighted by Crippen LogP contribution is -2.26. The molecule has 0 spiro atoms. The summed E-state index contributed by atoms with van der Waals surface area (Å²) in [5, 5.41) is 20.0. The van der Waals surface area contributed by atoms with Gasteiger partial charge in [-0.1, -0.05) is 12.1 Å². The molecule has 4 heteroatoms. The number of anilines is 1. The highest BCUT2D eigenvalue weighted by Crippen LogP contribution is 2.34. The fourth-order valence-corrected chi connectivity index (χ4v) is 2.14. The number of hydrogen-bond acceptors (Lipinski definition) is 4. The molecule has 0 fully saturated rings. The minimum atomic E-state index is -1.24. The maximum atomic E-state index is 10.7. The summed E-state index contributed by atoms with van der Waals surface area (Å²) in [6.45, 7) is 3.54. The quantitative estimate of drug-likeness (QED) is 0.754. The van der Waals surface area contributed by atoms with Crippen LogP contribution in [-0.4, -0.2) is 15.2 Å². The summed E-state index contributed by atoms with van der Waals surface area (Å²) in [6.07, 6.45) is 1.61. The molecule has 0 radical (unpaired) electrons. The fourth-order valence-electron chi connectivity index (χ4n) is 2.14. The van der Waals surface area contributed by atoms with Crippen molar-refractivity contribution in [1.29, 1.82) is 0 Å². The van der Waals surface area contributed by atoms with Crippen molar-refractivity contribution in [2.75, 3.05) is 5.73 Å². The predicted molar refractivity (Wildman–Crippen MR) is 70.2 cm³/mol. The fraction of sp³-hybridized carbons (Fsp3) is 0.214. The van der Waals surface area contributed by atoms with Gasteiger partial charge in [-0.15, -0.1) is 0 Å². The third-order valence-electron chi connectivity index (χ3n) is 3.10. The Labute approximate surface area is 106 Å². The first kappa shape index (κ1) is 12.4. The van der Waals surface area contributed by atoms with Gasteiger partial charge in [0.2, 0.25) is 0 Å². The van der Waals surface area contributed by atoms with E-state index in [4.69, 9.17) is 5.73 Å². The summed E-state index contributed by atoms with van der Waals surface area (Å²) in [7, 11) is 0. The molecule has 0 amide bonds.